The van der Waals surface area contributed by atoms with Crippen molar-refractivity contribution in [3.05, 3.63) is 12.2 Å². The van der Waals surface area contributed by atoms with Gasteiger partial charge >= 0.3 is 5.97 Å². The van der Waals surface area contributed by atoms with Crippen LogP contribution in [0.15, 0.2) is 12.2 Å². The molecule has 86 valence electrons. The lowest BCUT2D eigenvalue weighted by molar-refractivity contribution is -0.158. The van der Waals surface area contributed by atoms with Gasteiger partial charge in [0.15, 0.2) is 0 Å². The van der Waals surface area contributed by atoms with Crippen LogP contribution in [0.2, 0.25) is 0 Å². The average Bonchev–Trinajstić information content (AvgIpc) is 2.11. The molecule has 0 atom stereocenters. The fraction of sp³-hybridized carbons (Fsp3) is 0.769. The maximum Gasteiger partial charge on any atom is 0.333 e. The molecule has 1 saturated carbocycles. The average molecular weight is 210 g/mol. The Balaban J connectivity index is 2.56. The number of esters is 1. The van der Waals surface area contributed by atoms with E-state index in [0.29, 0.717) is 11.0 Å². The van der Waals surface area contributed by atoms with Gasteiger partial charge < -0.3 is 4.74 Å². The zero-order chi connectivity index (χ0) is 11.7. The number of ether oxygens (including phenoxy) is 1. The largest absolute Gasteiger partial charge is 0.456 e. The van der Waals surface area contributed by atoms with Crippen LogP contribution in [0.25, 0.3) is 0 Å². The third kappa shape index (κ3) is 3.37. The lowest BCUT2D eigenvalue weighted by atomic mass is 9.71. The highest BCUT2D eigenvalue weighted by Gasteiger charge is 2.37. The van der Waals surface area contributed by atoms with Crippen molar-refractivity contribution in [2.75, 3.05) is 0 Å². The number of hydrogen-bond donors (Lipinski definition) is 0. The van der Waals surface area contributed by atoms with E-state index in [1.165, 1.54) is 0 Å². The highest BCUT2D eigenvalue weighted by Crippen LogP contribution is 2.41. The van der Waals surface area contributed by atoms with E-state index in [9.17, 15) is 4.79 Å². The molecular formula is C13H22O2. The van der Waals surface area contributed by atoms with Crippen molar-refractivity contribution >= 4 is 5.97 Å². The Morgan fingerprint density at radius 2 is 1.60 bits per heavy atom. The molecule has 0 saturated heterocycles. The van der Waals surface area contributed by atoms with Crippen LogP contribution < -0.4 is 0 Å². The summed E-state index contributed by atoms with van der Waals surface area (Å²) in [5.41, 5.74) is 0.613. The van der Waals surface area contributed by atoms with Crippen molar-refractivity contribution in [3.8, 4) is 0 Å². The van der Waals surface area contributed by atoms with Gasteiger partial charge in [-0.3, -0.25) is 0 Å². The minimum Gasteiger partial charge on any atom is -0.456 e. The monoisotopic (exact) mass is 210 g/mol. The first-order valence-electron chi connectivity index (χ1n) is 5.63. The van der Waals surface area contributed by atoms with Crippen molar-refractivity contribution in [1.29, 1.82) is 0 Å². The molecule has 0 aromatic heterocycles. The van der Waals surface area contributed by atoms with Crippen LogP contribution in [0.1, 0.15) is 53.4 Å². The highest BCUT2D eigenvalue weighted by molar-refractivity contribution is 5.87. The van der Waals surface area contributed by atoms with E-state index in [0.717, 1.165) is 25.7 Å². The van der Waals surface area contributed by atoms with E-state index >= 15 is 0 Å². The summed E-state index contributed by atoms with van der Waals surface area (Å²) in [4.78, 5) is 11.5. The van der Waals surface area contributed by atoms with E-state index < -0.39 is 0 Å². The van der Waals surface area contributed by atoms with E-state index in [-0.39, 0.29) is 11.6 Å². The molecule has 15 heavy (non-hydrogen) atoms. The van der Waals surface area contributed by atoms with Gasteiger partial charge in [0, 0.05) is 5.57 Å². The summed E-state index contributed by atoms with van der Waals surface area (Å²) in [6, 6.07) is 0. The lowest BCUT2D eigenvalue weighted by Gasteiger charge is -2.40. The Bertz CT molecular complexity index is 266. The first-order valence-corrected chi connectivity index (χ1v) is 5.63. The molecule has 1 aliphatic rings. The second-order valence-electron chi connectivity index (χ2n) is 5.78. The normalized spacial score (nSPS) is 23.2. The van der Waals surface area contributed by atoms with Gasteiger partial charge in [-0.05, 0) is 44.9 Å². The number of hydrogen-bond acceptors (Lipinski definition) is 2. The van der Waals surface area contributed by atoms with Crippen LogP contribution in [0.3, 0.4) is 0 Å². The molecule has 0 aromatic rings. The van der Waals surface area contributed by atoms with Crippen LogP contribution in [-0.2, 0) is 9.53 Å². The van der Waals surface area contributed by atoms with Crippen molar-refractivity contribution in [2.24, 2.45) is 5.41 Å². The first kappa shape index (κ1) is 12.3. The zero-order valence-electron chi connectivity index (χ0n) is 10.4. The summed E-state index contributed by atoms with van der Waals surface area (Å²) in [6.45, 7) is 11.9. The SMILES string of the molecule is C=C(C)C(=O)OC1(C)CCC(C)(C)CC1. The van der Waals surface area contributed by atoms with Crippen LogP contribution in [-0.4, -0.2) is 11.6 Å². The Labute approximate surface area is 92.7 Å². The third-order valence-electron chi connectivity index (χ3n) is 3.35. The highest BCUT2D eigenvalue weighted by atomic mass is 16.6. The molecule has 0 aliphatic heterocycles. The molecular weight excluding hydrogens is 188 g/mol. The first-order chi connectivity index (χ1) is 6.74. The fourth-order valence-corrected chi connectivity index (χ4v) is 1.87. The van der Waals surface area contributed by atoms with Crippen LogP contribution >= 0.6 is 0 Å². The summed E-state index contributed by atoms with van der Waals surface area (Å²) in [5, 5.41) is 0. The molecule has 0 amide bonds. The molecule has 0 spiro atoms. The predicted octanol–water partition coefficient (Wildman–Crippen LogP) is 3.46. The minimum absolute atomic E-state index is 0.253. The molecule has 1 aliphatic carbocycles. The second kappa shape index (κ2) is 3.99. The zero-order valence-corrected chi connectivity index (χ0v) is 10.4. The standard InChI is InChI=1S/C13H22O2/c1-10(2)11(14)15-13(5)8-6-12(3,4)7-9-13/h1,6-9H2,2-5H3. The smallest absolute Gasteiger partial charge is 0.333 e. The maximum atomic E-state index is 11.5. The van der Waals surface area contributed by atoms with Gasteiger partial charge in [0.25, 0.3) is 0 Å². The lowest BCUT2D eigenvalue weighted by Crippen LogP contribution is -2.38. The van der Waals surface area contributed by atoms with Gasteiger partial charge in [-0.25, -0.2) is 4.79 Å². The number of carbonyl (C=O) groups is 1. The Morgan fingerprint density at radius 1 is 1.13 bits per heavy atom. The topological polar surface area (TPSA) is 26.3 Å². The van der Waals surface area contributed by atoms with Gasteiger partial charge in [-0.2, -0.15) is 0 Å². The van der Waals surface area contributed by atoms with Crippen molar-refractivity contribution < 1.29 is 9.53 Å². The number of rotatable bonds is 2. The minimum atomic E-state index is -0.272. The molecule has 0 aromatic carbocycles. The van der Waals surface area contributed by atoms with Crippen LogP contribution in [0, 0.1) is 5.41 Å². The second-order valence-corrected chi connectivity index (χ2v) is 5.78. The molecule has 1 rings (SSSR count). The van der Waals surface area contributed by atoms with E-state index in [1.807, 2.05) is 6.92 Å². The summed E-state index contributed by atoms with van der Waals surface area (Å²) in [7, 11) is 0. The molecule has 0 radical (unpaired) electrons. The van der Waals surface area contributed by atoms with E-state index in [2.05, 4.69) is 20.4 Å². The molecule has 0 heterocycles. The summed E-state index contributed by atoms with van der Waals surface area (Å²) in [5.74, 6) is -0.253. The summed E-state index contributed by atoms with van der Waals surface area (Å²) < 4.78 is 5.50. The Kier molecular flexibility index (Phi) is 3.27. The molecule has 2 heteroatoms. The van der Waals surface area contributed by atoms with Crippen LogP contribution in [0.4, 0.5) is 0 Å². The van der Waals surface area contributed by atoms with Crippen molar-refractivity contribution in [3.63, 3.8) is 0 Å². The molecule has 2 nitrogen and oxygen atoms in total. The fourth-order valence-electron chi connectivity index (χ4n) is 1.87. The van der Waals surface area contributed by atoms with Gasteiger partial charge in [0.2, 0.25) is 0 Å². The molecule has 0 bridgehead atoms. The van der Waals surface area contributed by atoms with Gasteiger partial charge in [0.05, 0.1) is 0 Å². The molecule has 1 fully saturated rings. The van der Waals surface area contributed by atoms with Gasteiger partial charge in [0.1, 0.15) is 5.60 Å². The van der Waals surface area contributed by atoms with E-state index in [1.54, 1.807) is 6.92 Å². The summed E-state index contributed by atoms with van der Waals surface area (Å²) in [6.07, 6.45) is 4.15. The predicted molar refractivity (Wildman–Crippen MR) is 61.6 cm³/mol. The van der Waals surface area contributed by atoms with Crippen molar-refractivity contribution in [1.82, 2.24) is 0 Å². The quantitative estimate of drug-likeness (QED) is 0.515. The van der Waals surface area contributed by atoms with Crippen LogP contribution in [0.5, 0.6) is 0 Å². The van der Waals surface area contributed by atoms with Gasteiger partial charge in [-0.15, -0.1) is 0 Å². The summed E-state index contributed by atoms with van der Waals surface area (Å²) >= 11 is 0. The Hall–Kier alpha value is -0.790. The molecule has 0 unspecified atom stereocenters. The third-order valence-corrected chi connectivity index (χ3v) is 3.35. The van der Waals surface area contributed by atoms with E-state index in [4.69, 9.17) is 4.74 Å². The number of carbonyl (C=O) groups excluding carboxylic acids is 1. The maximum absolute atomic E-state index is 11.5. The Morgan fingerprint density at radius 3 is 2.00 bits per heavy atom. The van der Waals surface area contributed by atoms with Crippen molar-refractivity contribution in [2.45, 2.75) is 59.0 Å². The van der Waals surface area contributed by atoms with Gasteiger partial charge in [-0.1, -0.05) is 20.4 Å². The molecule has 0 N–H and O–H groups in total.